The molecule has 4 aliphatic rings. The zero-order valence-electron chi connectivity index (χ0n) is 8.41. The Balaban J connectivity index is 1.74. The molecule has 2 nitrogen and oxygen atoms in total. The molecule has 0 radical (unpaired) electrons. The van der Waals surface area contributed by atoms with Gasteiger partial charge in [0.2, 0.25) is 5.91 Å². The summed E-state index contributed by atoms with van der Waals surface area (Å²) in [6.45, 7) is 0.994. The van der Waals surface area contributed by atoms with Gasteiger partial charge in [-0.3, -0.25) is 4.79 Å². The summed E-state index contributed by atoms with van der Waals surface area (Å²) in [6, 6.07) is 0. The van der Waals surface area contributed by atoms with E-state index in [1.807, 2.05) is 0 Å². The van der Waals surface area contributed by atoms with Crippen molar-refractivity contribution >= 4 is 5.91 Å². The molecule has 0 aromatic rings. The molecule has 0 spiro atoms. The van der Waals surface area contributed by atoms with Crippen LogP contribution in [0.1, 0.15) is 25.7 Å². The minimum absolute atomic E-state index is 0.382. The molecule has 1 saturated heterocycles. The van der Waals surface area contributed by atoms with Crippen LogP contribution in [0.3, 0.4) is 0 Å². The van der Waals surface area contributed by atoms with E-state index in [9.17, 15) is 4.79 Å². The molecule has 0 aromatic heterocycles. The smallest absolute Gasteiger partial charge is 0.223 e. The van der Waals surface area contributed by atoms with Gasteiger partial charge in [0.15, 0.2) is 0 Å². The fourth-order valence-electron chi connectivity index (χ4n) is 5.24. The van der Waals surface area contributed by atoms with Crippen molar-refractivity contribution in [1.82, 2.24) is 5.32 Å². The molecule has 76 valence electrons. The van der Waals surface area contributed by atoms with E-state index in [2.05, 4.69) is 5.32 Å². The summed E-state index contributed by atoms with van der Waals surface area (Å²) in [6.07, 6.45) is 5.70. The molecule has 2 heteroatoms. The Morgan fingerprint density at radius 2 is 1.79 bits per heavy atom. The summed E-state index contributed by atoms with van der Waals surface area (Å²) in [5, 5.41) is 3.07. The second-order valence-electron chi connectivity index (χ2n) is 5.76. The summed E-state index contributed by atoms with van der Waals surface area (Å²) in [4.78, 5) is 11.7. The molecule has 4 fully saturated rings. The van der Waals surface area contributed by atoms with Gasteiger partial charge in [0.05, 0.1) is 0 Å². The number of hydrogen-bond donors (Lipinski definition) is 1. The number of hydrogen-bond acceptors (Lipinski definition) is 1. The first kappa shape index (κ1) is 7.72. The van der Waals surface area contributed by atoms with Gasteiger partial charge in [0, 0.05) is 12.5 Å². The maximum absolute atomic E-state index is 11.7. The van der Waals surface area contributed by atoms with Crippen molar-refractivity contribution in [3.63, 3.8) is 0 Å². The monoisotopic (exact) mass is 191 g/mol. The maximum Gasteiger partial charge on any atom is 0.223 e. The van der Waals surface area contributed by atoms with Gasteiger partial charge >= 0.3 is 0 Å². The van der Waals surface area contributed by atoms with Gasteiger partial charge in [-0.2, -0.15) is 0 Å². The number of amides is 1. The SMILES string of the molecule is O=C1NCC2C3CC(C4CCCC34)C12. The molecule has 1 aliphatic heterocycles. The number of fused-ring (bicyclic) bond motifs is 8. The van der Waals surface area contributed by atoms with E-state index in [-0.39, 0.29) is 0 Å². The Kier molecular flexibility index (Phi) is 1.29. The molecule has 6 unspecified atom stereocenters. The lowest BCUT2D eigenvalue weighted by atomic mass is 9.71. The summed E-state index contributed by atoms with van der Waals surface area (Å²) in [7, 11) is 0. The number of nitrogens with one attached hydrogen (secondary N) is 1. The summed E-state index contributed by atoms with van der Waals surface area (Å²) >= 11 is 0. The lowest BCUT2D eigenvalue weighted by Crippen LogP contribution is -2.33. The highest BCUT2D eigenvalue weighted by Gasteiger charge is 2.62. The molecule has 3 aliphatic carbocycles. The quantitative estimate of drug-likeness (QED) is 0.616. The van der Waals surface area contributed by atoms with Crippen molar-refractivity contribution in [1.29, 1.82) is 0 Å². The fourth-order valence-corrected chi connectivity index (χ4v) is 5.24. The van der Waals surface area contributed by atoms with Gasteiger partial charge in [0.1, 0.15) is 0 Å². The second kappa shape index (κ2) is 2.34. The first-order valence-corrected chi connectivity index (χ1v) is 6.14. The fraction of sp³-hybridized carbons (Fsp3) is 0.917. The summed E-state index contributed by atoms with van der Waals surface area (Å²) < 4.78 is 0. The van der Waals surface area contributed by atoms with Crippen LogP contribution in [0.2, 0.25) is 0 Å². The second-order valence-corrected chi connectivity index (χ2v) is 5.76. The third kappa shape index (κ3) is 0.697. The van der Waals surface area contributed by atoms with Crippen LogP contribution in [0.5, 0.6) is 0 Å². The standard InChI is InChI=1S/C12H17NO/c14-12-11-9-4-8(10(11)5-13-12)6-2-1-3-7(6)9/h6-11H,1-5H2,(H,13,14). The van der Waals surface area contributed by atoms with Crippen molar-refractivity contribution in [3.8, 4) is 0 Å². The molecule has 1 heterocycles. The summed E-state index contributed by atoms with van der Waals surface area (Å²) in [5.74, 6) is 5.18. The highest BCUT2D eigenvalue weighted by atomic mass is 16.2. The first-order valence-electron chi connectivity index (χ1n) is 6.14. The minimum atomic E-state index is 0.382. The van der Waals surface area contributed by atoms with Gasteiger partial charge < -0.3 is 5.32 Å². The Labute approximate surface area is 84.4 Å². The van der Waals surface area contributed by atoms with Gasteiger partial charge in [-0.25, -0.2) is 0 Å². The van der Waals surface area contributed by atoms with Crippen LogP contribution < -0.4 is 5.32 Å². The zero-order valence-corrected chi connectivity index (χ0v) is 8.41. The molecule has 1 N–H and O–H groups in total. The average Bonchev–Trinajstić information content (AvgIpc) is 2.82. The molecule has 3 saturated carbocycles. The van der Waals surface area contributed by atoms with Crippen LogP contribution in [0.15, 0.2) is 0 Å². The lowest BCUT2D eigenvalue weighted by Gasteiger charge is -2.32. The van der Waals surface area contributed by atoms with Crippen LogP contribution in [0, 0.1) is 35.5 Å². The van der Waals surface area contributed by atoms with Crippen LogP contribution in [0.4, 0.5) is 0 Å². The van der Waals surface area contributed by atoms with Crippen molar-refractivity contribution in [3.05, 3.63) is 0 Å². The third-order valence-electron chi connectivity index (χ3n) is 5.56. The molecule has 4 rings (SSSR count). The molecule has 6 atom stereocenters. The number of carbonyl (C=O) groups is 1. The van der Waals surface area contributed by atoms with Gasteiger partial charge in [-0.05, 0) is 48.9 Å². The maximum atomic E-state index is 11.7. The van der Waals surface area contributed by atoms with E-state index in [0.717, 1.165) is 36.1 Å². The molecule has 1 amide bonds. The Morgan fingerprint density at radius 3 is 2.64 bits per heavy atom. The number of carbonyl (C=O) groups excluding carboxylic acids is 1. The van der Waals surface area contributed by atoms with E-state index in [0.29, 0.717) is 11.8 Å². The predicted octanol–water partition coefficient (Wildman–Crippen LogP) is 1.41. The van der Waals surface area contributed by atoms with Crippen LogP contribution >= 0.6 is 0 Å². The van der Waals surface area contributed by atoms with Crippen molar-refractivity contribution in [2.24, 2.45) is 35.5 Å². The van der Waals surface area contributed by atoms with Gasteiger partial charge in [-0.1, -0.05) is 6.42 Å². The normalized spacial score (nSPS) is 58.7. The lowest BCUT2D eigenvalue weighted by molar-refractivity contribution is -0.125. The number of rotatable bonds is 0. The highest BCUT2D eigenvalue weighted by molar-refractivity contribution is 5.82. The predicted molar refractivity (Wildman–Crippen MR) is 52.4 cm³/mol. The van der Waals surface area contributed by atoms with Crippen LogP contribution in [-0.4, -0.2) is 12.5 Å². The highest BCUT2D eigenvalue weighted by Crippen LogP contribution is 2.64. The summed E-state index contributed by atoms with van der Waals surface area (Å²) in [5.41, 5.74) is 0. The largest absolute Gasteiger partial charge is 0.356 e. The van der Waals surface area contributed by atoms with Crippen molar-refractivity contribution < 1.29 is 4.79 Å². The zero-order chi connectivity index (χ0) is 9.28. The van der Waals surface area contributed by atoms with E-state index >= 15 is 0 Å². The van der Waals surface area contributed by atoms with Crippen LogP contribution in [0.25, 0.3) is 0 Å². The molecule has 0 aromatic carbocycles. The van der Waals surface area contributed by atoms with E-state index < -0.39 is 0 Å². The van der Waals surface area contributed by atoms with E-state index in [1.165, 1.54) is 25.7 Å². The van der Waals surface area contributed by atoms with E-state index in [1.54, 1.807) is 0 Å². The Morgan fingerprint density at radius 1 is 1.00 bits per heavy atom. The Hall–Kier alpha value is -0.530. The van der Waals surface area contributed by atoms with Crippen molar-refractivity contribution in [2.45, 2.75) is 25.7 Å². The first-order chi connectivity index (χ1) is 6.86. The minimum Gasteiger partial charge on any atom is -0.356 e. The van der Waals surface area contributed by atoms with Crippen LogP contribution in [-0.2, 0) is 4.79 Å². The topological polar surface area (TPSA) is 29.1 Å². The van der Waals surface area contributed by atoms with Crippen molar-refractivity contribution in [2.75, 3.05) is 6.54 Å². The van der Waals surface area contributed by atoms with E-state index in [4.69, 9.17) is 0 Å². The van der Waals surface area contributed by atoms with Gasteiger partial charge in [0.25, 0.3) is 0 Å². The molecule has 2 bridgehead atoms. The molecular weight excluding hydrogens is 174 g/mol. The molecule has 14 heavy (non-hydrogen) atoms. The molecular formula is C12H17NO. The average molecular weight is 191 g/mol. The third-order valence-corrected chi connectivity index (χ3v) is 5.56. The Bertz CT molecular complexity index is 301. The van der Waals surface area contributed by atoms with Gasteiger partial charge in [-0.15, -0.1) is 0 Å².